The van der Waals surface area contributed by atoms with Gasteiger partial charge in [0.25, 0.3) is 0 Å². The predicted molar refractivity (Wildman–Crippen MR) is 86.4 cm³/mol. The lowest BCUT2D eigenvalue weighted by atomic mass is 9.91. The summed E-state index contributed by atoms with van der Waals surface area (Å²) < 4.78 is 40.3. The molecular weight excluding hydrogens is 299 g/mol. The van der Waals surface area contributed by atoms with Crippen LogP contribution >= 0.6 is 0 Å². The van der Waals surface area contributed by atoms with Gasteiger partial charge in [-0.15, -0.1) is 0 Å². The van der Waals surface area contributed by atoms with Crippen LogP contribution in [0.15, 0.2) is 48.5 Å². The molecule has 1 aliphatic carbocycles. The van der Waals surface area contributed by atoms with Crippen molar-refractivity contribution in [3.63, 3.8) is 0 Å². The van der Waals surface area contributed by atoms with E-state index in [0.29, 0.717) is 17.7 Å². The van der Waals surface area contributed by atoms with Crippen molar-refractivity contribution in [1.29, 1.82) is 0 Å². The molecule has 2 aromatic rings. The molecule has 0 heterocycles. The Balaban J connectivity index is 1.82. The Morgan fingerprint density at radius 1 is 0.957 bits per heavy atom. The van der Waals surface area contributed by atoms with E-state index < -0.39 is 11.7 Å². The molecule has 3 rings (SSSR count). The summed E-state index contributed by atoms with van der Waals surface area (Å²) in [7, 11) is 0. The van der Waals surface area contributed by atoms with Gasteiger partial charge in [0.05, 0.1) is 5.56 Å². The van der Waals surface area contributed by atoms with Crippen molar-refractivity contribution in [2.45, 2.75) is 44.3 Å². The van der Waals surface area contributed by atoms with Crippen molar-refractivity contribution in [3.8, 4) is 0 Å². The quantitative estimate of drug-likeness (QED) is 0.731. The molecule has 0 unspecified atom stereocenters. The molecule has 4 heteroatoms. The molecule has 1 fully saturated rings. The summed E-state index contributed by atoms with van der Waals surface area (Å²) in [5.74, 6) is 0.0581. The number of rotatable bonds is 4. The fraction of sp³-hybridized carbons (Fsp3) is 0.368. The monoisotopic (exact) mass is 319 g/mol. The van der Waals surface area contributed by atoms with E-state index in [2.05, 4.69) is 5.32 Å². The molecule has 0 radical (unpaired) electrons. The molecule has 0 amide bonds. The first-order chi connectivity index (χ1) is 11.0. The number of para-hydroxylation sites is 1. The second-order valence-corrected chi connectivity index (χ2v) is 6.12. The molecule has 0 spiro atoms. The maximum Gasteiger partial charge on any atom is 0.416 e. The molecule has 0 saturated heterocycles. The summed E-state index contributed by atoms with van der Waals surface area (Å²) in [5.41, 5.74) is 1.57. The summed E-state index contributed by atoms with van der Waals surface area (Å²) in [6, 6.07) is 14.3. The maximum absolute atomic E-state index is 13.4. The van der Waals surface area contributed by atoms with Crippen LogP contribution in [0, 0.1) is 0 Å². The van der Waals surface area contributed by atoms with E-state index >= 15 is 0 Å². The molecule has 1 N–H and O–H groups in total. The zero-order valence-corrected chi connectivity index (χ0v) is 12.9. The molecule has 1 nitrogen and oxygen atoms in total. The van der Waals surface area contributed by atoms with E-state index in [-0.39, 0.29) is 5.92 Å². The van der Waals surface area contributed by atoms with Crippen LogP contribution in [0.25, 0.3) is 0 Å². The highest BCUT2D eigenvalue weighted by atomic mass is 19.4. The average Bonchev–Trinajstić information content (AvgIpc) is 3.07. The average molecular weight is 319 g/mol. The van der Waals surface area contributed by atoms with Gasteiger partial charge < -0.3 is 5.32 Å². The molecule has 0 aliphatic heterocycles. The lowest BCUT2D eigenvalue weighted by molar-refractivity contribution is -0.138. The molecule has 2 aromatic carbocycles. The van der Waals surface area contributed by atoms with Crippen LogP contribution in [0.2, 0.25) is 0 Å². The van der Waals surface area contributed by atoms with Gasteiger partial charge in [-0.1, -0.05) is 43.2 Å². The Morgan fingerprint density at radius 3 is 2.30 bits per heavy atom. The third-order valence-electron chi connectivity index (χ3n) is 4.49. The Bertz CT molecular complexity index is 643. The fourth-order valence-electron chi connectivity index (χ4n) is 3.31. The molecule has 122 valence electrons. The highest BCUT2D eigenvalue weighted by molar-refractivity contribution is 5.44. The molecule has 0 bridgehead atoms. The second kappa shape index (κ2) is 6.65. The van der Waals surface area contributed by atoms with Crippen molar-refractivity contribution in [1.82, 2.24) is 0 Å². The molecule has 0 aromatic heterocycles. The lowest BCUT2D eigenvalue weighted by Crippen LogP contribution is -2.12. The normalized spacial score (nSPS) is 15.8. The smallest absolute Gasteiger partial charge is 0.381 e. The van der Waals surface area contributed by atoms with Crippen LogP contribution in [0.4, 0.5) is 18.9 Å². The third kappa shape index (κ3) is 3.87. The van der Waals surface area contributed by atoms with Crippen molar-refractivity contribution < 1.29 is 13.2 Å². The van der Waals surface area contributed by atoms with Crippen molar-refractivity contribution in [3.05, 3.63) is 65.2 Å². The Morgan fingerprint density at radius 2 is 1.65 bits per heavy atom. The zero-order valence-electron chi connectivity index (χ0n) is 12.9. The van der Waals surface area contributed by atoms with Gasteiger partial charge in [0.2, 0.25) is 0 Å². The Hall–Kier alpha value is -1.97. The number of halogens is 3. The minimum atomic E-state index is -4.29. The van der Waals surface area contributed by atoms with Crippen LogP contribution in [-0.2, 0) is 12.7 Å². The van der Waals surface area contributed by atoms with Gasteiger partial charge in [-0.05, 0) is 48.1 Å². The standard InChI is InChI=1S/C19H20F3N/c20-19(21,22)18-12-14(13-23-16-8-2-1-3-9-16)10-11-17(18)15-6-4-5-7-15/h1-3,8-12,15,23H,4-7,13H2. The van der Waals surface area contributed by atoms with Crippen LogP contribution in [-0.4, -0.2) is 0 Å². The van der Waals surface area contributed by atoms with E-state index in [1.54, 1.807) is 6.07 Å². The molecule has 0 atom stereocenters. The lowest BCUT2D eigenvalue weighted by Gasteiger charge is -2.19. The summed E-state index contributed by atoms with van der Waals surface area (Å²) in [5, 5.41) is 3.16. The fourth-order valence-corrected chi connectivity index (χ4v) is 3.31. The van der Waals surface area contributed by atoms with Crippen LogP contribution in [0.3, 0.4) is 0 Å². The van der Waals surface area contributed by atoms with E-state index in [0.717, 1.165) is 31.4 Å². The van der Waals surface area contributed by atoms with Gasteiger partial charge in [0.1, 0.15) is 0 Å². The SMILES string of the molecule is FC(F)(F)c1cc(CNc2ccccc2)ccc1C1CCCC1. The summed E-state index contributed by atoms with van der Waals surface area (Å²) in [4.78, 5) is 0. The number of anilines is 1. The summed E-state index contributed by atoms with van der Waals surface area (Å²) >= 11 is 0. The first kappa shape index (κ1) is 15.9. The number of hydrogen-bond donors (Lipinski definition) is 1. The van der Waals surface area contributed by atoms with Crippen LogP contribution in [0.1, 0.15) is 48.3 Å². The number of alkyl halides is 3. The number of nitrogens with one attached hydrogen (secondary N) is 1. The van der Waals surface area contributed by atoms with Gasteiger partial charge in [0.15, 0.2) is 0 Å². The first-order valence-electron chi connectivity index (χ1n) is 8.03. The molecule has 1 aliphatic rings. The van der Waals surface area contributed by atoms with E-state index in [4.69, 9.17) is 0 Å². The van der Waals surface area contributed by atoms with Crippen LogP contribution < -0.4 is 5.32 Å². The predicted octanol–water partition coefficient (Wildman–Crippen LogP) is 5.98. The maximum atomic E-state index is 13.4. The topological polar surface area (TPSA) is 12.0 Å². The minimum Gasteiger partial charge on any atom is -0.381 e. The highest BCUT2D eigenvalue weighted by Crippen LogP contribution is 2.41. The van der Waals surface area contributed by atoms with Crippen molar-refractivity contribution >= 4 is 5.69 Å². The third-order valence-corrected chi connectivity index (χ3v) is 4.49. The summed E-state index contributed by atoms with van der Waals surface area (Å²) in [6.07, 6.45) is -0.505. The van der Waals surface area contributed by atoms with E-state index in [9.17, 15) is 13.2 Å². The van der Waals surface area contributed by atoms with Gasteiger partial charge in [-0.2, -0.15) is 13.2 Å². The largest absolute Gasteiger partial charge is 0.416 e. The summed E-state index contributed by atoms with van der Waals surface area (Å²) in [6.45, 7) is 0.387. The molecule has 23 heavy (non-hydrogen) atoms. The van der Waals surface area contributed by atoms with Crippen LogP contribution in [0.5, 0.6) is 0 Å². The minimum absolute atomic E-state index is 0.0581. The zero-order chi connectivity index (χ0) is 16.3. The number of benzene rings is 2. The van der Waals surface area contributed by atoms with Gasteiger partial charge >= 0.3 is 6.18 Å². The van der Waals surface area contributed by atoms with Crippen molar-refractivity contribution in [2.75, 3.05) is 5.32 Å². The first-order valence-corrected chi connectivity index (χ1v) is 8.03. The Kier molecular flexibility index (Phi) is 4.60. The highest BCUT2D eigenvalue weighted by Gasteiger charge is 2.36. The van der Waals surface area contributed by atoms with Crippen molar-refractivity contribution in [2.24, 2.45) is 0 Å². The number of hydrogen-bond acceptors (Lipinski definition) is 1. The Labute approximate surface area is 134 Å². The molecular formula is C19H20F3N. The van der Waals surface area contributed by atoms with E-state index in [1.807, 2.05) is 36.4 Å². The second-order valence-electron chi connectivity index (χ2n) is 6.12. The molecule has 1 saturated carbocycles. The van der Waals surface area contributed by atoms with Gasteiger partial charge in [-0.25, -0.2) is 0 Å². The van der Waals surface area contributed by atoms with Gasteiger partial charge in [-0.3, -0.25) is 0 Å². The van der Waals surface area contributed by atoms with Gasteiger partial charge in [0, 0.05) is 12.2 Å². The van der Waals surface area contributed by atoms with E-state index in [1.165, 1.54) is 6.07 Å².